The molecule has 0 bridgehead atoms. The minimum absolute atomic E-state index is 0.125. The molecule has 12 heteroatoms. The number of rotatable bonds is 13. The Morgan fingerprint density at radius 3 is 1.35 bits per heavy atom. The maximum atomic E-state index is 12.8. The summed E-state index contributed by atoms with van der Waals surface area (Å²) in [5.74, 6) is 2.36. The van der Waals surface area contributed by atoms with Gasteiger partial charge in [-0.3, -0.25) is 14.5 Å². The topological polar surface area (TPSA) is 152 Å². The van der Waals surface area contributed by atoms with E-state index in [1.54, 1.807) is 65.4 Å². The van der Waals surface area contributed by atoms with Gasteiger partial charge in [-0.15, -0.1) is 0 Å². The van der Waals surface area contributed by atoms with Crippen LogP contribution in [0.1, 0.15) is 54.4 Å². The van der Waals surface area contributed by atoms with E-state index in [1.807, 2.05) is 91.0 Å². The van der Waals surface area contributed by atoms with Crippen molar-refractivity contribution in [1.82, 2.24) is 24.8 Å². The second kappa shape index (κ2) is 18.9. The number of aromatic nitrogens is 4. The average Bonchev–Trinajstić information content (AvgIpc) is 3.54. The van der Waals surface area contributed by atoms with Crippen LogP contribution in [0.2, 0.25) is 0 Å². The zero-order valence-corrected chi connectivity index (χ0v) is 33.8. The molecule has 2 aromatic heterocycles. The Morgan fingerprint density at radius 1 is 0.483 bits per heavy atom. The first-order valence-electron chi connectivity index (χ1n) is 19.2. The van der Waals surface area contributed by atoms with Crippen LogP contribution in [0.25, 0.3) is 22.5 Å². The zero-order chi connectivity index (χ0) is 42.0. The van der Waals surface area contributed by atoms with Gasteiger partial charge in [0, 0.05) is 53.0 Å². The molecule has 0 saturated heterocycles. The predicted octanol–water partition coefficient (Wildman–Crippen LogP) is 7.76. The highest BCUT2D eigenvalue weighted by Crippen LogP contribution is 2.32. The lowest BCUT2D eigenvalue weighted by Crippen LogP contribution is -2.29. The van der Waals surface area contributed by atoms with E-state index in [0.29, 0.717) is 36.3 Å². The number of nitrogens with two attached hydrogens (primary N) is 1. The molecule has 0 aliphatic carbocycles. The van der Waals surface area contributed by atoms with Crippen molar-refractivity contribution in [2.24, 2.45) is 5.73 Å². The van der Waals surface area contributed by atoms with Crippen LogP contribution >= 0.6 is 0 Å². The van der Waals surface area contributed by atoms with Gasteiger partial charge in [-0.25, -0.2) is 19.9 Å². The molecule has 0 unspecified atom stereocenters. The molecular formula is C48H44N6O6. The number of ether oxygens (including phenoxy) is 4. The number of methoxy groups -OCH3 is 4. The van der Waals surface area contributed by atoms with E-state index in [-0.39, 0.29) is 18.4 Å². The van der Waals surface area contributed by atoms with Gasteiger partial charge < -0.3 is 24.7 Å². The first kappa shape index (κ1) is 40.7. The van der Waals surface area contributed by atoms with Crippen molar-refractivity contribution in [2.75, 3.05) is 28.4 Å². The van der Waals surface area contributed by atoms with Gasteiger partial charge in [0.05, 0.1) is 57.5 Å². The summed E-state index contributed by atoms with van der Waals surface area (Å²) in [5, 5.41) is 0. The molecule has 0 radical (unpaired) electrons. The molecule has 60 heavy (non-hydrogen) atoms. The molecule has 0 atom stereocenters. The second-order valence-corrected chi connectivity index (χ2v) is 13.8. The number of para-hydroxylation sites is 2. The van der Waals surface area contributed by atoms with E-state index in [1.165, 1.54) is 4.90 Å². The summed E-state index contributed by atoms with van der Waals surface area (Å²) in [6.07, 6.45) is 4.37. The molecule has 8 rings (SSSR count). The smallest absolute Gasteiger partial charge is 0.261 e. The fourth-order valence-corrected chi connectivity index (χ4v) is 7.13. The summed E-state index contributed by atoms with van der Waals surface area (Å²) in [6, 6.07) is 38.1. The van der Waals surface area contributed by atoms with Gasteiger partial charge in [0.15, 0.2) is 0 Å². The first-order valence-corrected chi connectivity index (χ1v) is 19.2. The fraction of sp³-hybridized carbons (Fsp3) is 0.167. The molecule has 0 fully saturated rings. The average molecular weight is 801 g/mol. The van der Waals surface area contributed by atoms with Crippen molar-refractivity contribution < 1.29 is 28.5 Å². The Balaban J connectivity index is 0.000000192. The molecule has 0 spiro atoms. The van der Waals surface area contributed by atoms with Crippen LogP contribution in [-0.4, -0.2) is 65.1 Å². The number of imide groups is 1. The normalized spacial score (nSPS) is 11.7. The lowest BCUT2D eigenvalue weighted by Gasteiger charge is -2.17. The van der Waals surface area contributed by atoms with Gasteiger partial charge in [-0.1, -0.05) is 54.6 Å². The number of carbonyl (C=O) groups is 2. The molecule has 3 heterocycles. The number of nitrogens with zero attached hydrogens (tertiary/aromatic N) is 5. The highest BCUT2D eigenvalue weighted by atomic mass is 16.5. The van der Waals surface area contributed by atoms with Crippen LogP contribution in [0.4, 0.5) is 0 Å². The summed E-state index contributed by atoms with van der Waals surface area (Å²) in [5.41, 5.74) is 15.7. The first-order chi connectivity index (χ1) is 29.3. The van der Waals surface area contributed by atoms with E-state index >= 15 is 0 Å². The van der Waals surface area contributed by atoms with Gasteiger partial charge in [0.25, 0.3) is 11.8 Å². The maximum Gasteiger partial charge on any atom is 0.261 e. The van der Waals surface area contributed by atoms with Crippen LogP contribution in [0.15, 0.2) is 134 Å². The summed E-state index contributed by atoms with van der Waals surface area (Å²) >= 11 is 0. The van der Waals surface area contributed by atoms with Crippen molar-refractivity contribution in [3.63, 3.8) is 0 Å². The molecule has 0 saturated carbocycles. The Bertz CT molecular complexity index is 2620. The number of hydrogen-bond donors (Lipinski definition) is 1. The number of hydrogen-bond acceptors (Lipinski definition) is 11. The summed E-state index contributed by atoms with van der Waals surface area (Å²) < 4.78 is 21.7. The number of fused-ring (bicyclic) bond motifs is 1. The monoisotopic (exact) mass is 800 g/mol. The number of amides is 2. The third-order valence-electron chi connectivity index (χ3n) is 10.1. The van der Waals surface area contributed by atoms with Crippen LogP contribution in [0, 0.1) is 0 Å². The highest BCUT2D eigenvalue weighted by molar-refractivity contribution is 6.21. The maximum absolute atomic E-state index is 12.8. The summed E-state index contributed by atoms with van der Waals surface area (Å²) in [4.78, 5) is 44.6. The number of carbonyl (C=O) groups excluding carboxylic acids is 2. The van der Waals surface area contributed by atoms with E-state index in [0.717, 1.165) is 73.4 Å². The van der Waals surface area contributed by atoms with Crippen LogP contribution in [0.5, 0.6) is 23.0 Å². The quantitative estimate of drug-likeness (QED) is 0.114. The third-order valence-corrected chi connectivity index (χ3v) is 10.1. The van der Waals surface area contributed by atoms with Gasteiger partial charge >= 0.3 is 0 Å². The summed E-state index contributed by atoms with van der Waals surface area (Å²) in [6.45, 7) is 0.562. The lowest BCUT2D eigenvalue weighted by molar-refractivity contribution is 0.0641. The fourth-order valence-electron chi connectivity index (χ4n) is 7.13. The van der Waals surface area contributed by atoms with Crippen molar-refractivity contribution in [3.8, 4) is 45.5 Å². The minimum Gasteiger partial charge on any atom is -0.496 e. The molecule has 1 aliphatic heterocycles. The van der Waals surface area contributed by atoms with Crippen molar-refractivity contribution in [2.45, 2.75) is 25.9 Å². The van der Waals surface area contributed by atoms with Gasteiger partial charge in [-0.2, -0.15) is 0 Å². The Morgan fingerprint density at radius 2 is 0.900 bits per heavy atom. The number of benzene rings is 5. The van der Waals surface area contributed by atoms with Gasteiger partial charge in [0.2, 0.25) is 0 Å². The molecule has 302 valence electrons. The van der Waals surface area contributed by atoms with Crippen molar-refractivity contribution >= 4 is 11.8 Å². The molecule has 12 nitrogen and oxygen atoms in total. The highest BCUT2D eigenvalue weighted by Gasteiger charge is 2.35. The largest absolute Gasteiger partial charge is 0.496 e. The van der Waals surface area contributed by atoms with Gasteiger partial charge in [-0.05, 0) is 77.9 Å². The van der Waals surface area contributed by atoms with Gasteiger partial charge in [0.1, 0.15) is 35.7 Å². The molecule has 1 aliphatic rings. The summed E-state index contributed by atoms with van der Waals surface area (Å²) in [7, 11) is 6.52. The van der Waals surface area contributed by atoms with E-state index < -0.39 is 0 Å². The van der Waals surface area contributed by atoms with Crippen molar-refractivity contribution in [1.29, 1.82) is 0 Å². The van der Waals surface area contributed by atoms with Crippen LogP contribution in [-0.2, 0) is 25.9 Å². The zero-order valence-electron chi connectivity index (χ0n) is 33.8. The van der Waals surface area contributed by atoms with E-state index in [2.05, 4.69) is 26.0 Å². The second-order valence-electron chi connectivity index (χ2n) is 13.8. The third kappa shape index (κ3) is 8.99. The van der Waals surface area contributed by atoms with E-state index in [4.69, 9.17) is 24.7 Å². The molecule has 5 aromatic carbocycles. The SMILES string of the molecule is COc1ccc(Cc2cc(-c3ccccc3OC)ncn2)cc1CN.COc1ccc(Cc2cc(-c3ccccc3OC)ncn2)cc1CN1C(=O)c2ccccc2C1=O. The minimum atomic E-state index is -0.296. The van der Waals surface area contributed by atoms with Crippen LogP contribution < -0.4 is 24.7 Å². The van der Waals surface area contributed by atoms with Crippen LogP contribution in [0.3, 0.4) is 0 Å². The molecule has 2 amide bonds. The standard InChI is InChI=1S/C28H23N3O4.C20H21N3O2/c1-34-25-12-11-18(13-19(25)16-31-27(32)21-7-3-4-8-22(21)28(31)33)14-20-15-24(30-17-29-20)23-9-5-6-10-26(23)35-2;1-24-19-8-7-14(9-15(19)12-21)10-16-11-18(23-13-22-16)17-5-3-4-6-20(17)25-2/h3-13,15,17H,14,16H2,1-2H3;3-9,11,13H,10,12,21H2,1-2H3. The Labute approximate surface area is 348 Å². The lowest BCUT2D eigenvalue weighted by atomic mass is 10.0. The predicted molar refractivity (Wildman–Crippen MR) is 228 cm³/mol. The molecule has 7 aromatic rings. The van der Waals surface area contributed by atoms with E-state index in [9.17, 15) is 9.59 Å². The van der Waals surface area contributed by atoms with Crippen molar-refractivity contribution in [3.05, 3.63) is 179 Å². The molecular weight excluding hydrogens is 757 g/mol. The molecule has 2 N–H and O–H groups in total. The Hall–Kier alpha value is -7.44. The Kier molecular flexibility index (Phi) is 12.8.